The van der Waals surface area contributed by atoms with Gasteiger partial charge >= 0.3 is 0 Å². The van der Waals surface area contributed by atoms with Crippen molar-refractivity contribution < 1.29 is 8.42 Å². The first-order valence-corrected chi connectivity index (χ1v) is 12.0. The van der Waals surface area contributed by atoms with Gasteiger partial charge in [-0.15, -0.1) is 0 Å². The highest BCUT2D eigenvalue weighted by molar-refractivity contribution is 7.92. The van der Waals surface area contributed by atoms with Gasteiger partial charge < -0.3 is 0 Å². The Bertz CT molecular complexity index is 1320. The lowest BCUT2D eigenvalue weighted by atomic mass is 9.89. The molecular weight excluding hydrogens is 410 g/mol. The van der Waals surface area contributed by atoms with Gasteiger partial charge in [0, 0.05) is 18.2 Å². The summed E-state index contributed by atoms with van der Waals surface area (Å²) >= 11 is 0. The monoisotopic (exact) mass is 437 g/mol. The number of hydrogen-bond acceptors (Lipinski definition) is 4. The maximum absolute atomic E-state index is 13.3. The summed E-state index contributed by atoms with van der Waals surface area (Å²) in [7, 11) is -2.16. The van der Waals surface area contributed by atoms with Crippen LogP contribution in [0.2, 0.25) is 0 Å². The second-order valence-electron chi connectivity index (χ2n) is 8.29. The van der Waals surface area contributed by atoms with Gasteiger partial charge in [0.25, 0.3) is 15.6 Å². The minimum atomic E-state index is -3.81. The quantitative estimate of drug-likeness (QED) is 0.668. The van der Waals surface area contributed by atoms with Gasteiger partial charge in [-0.05, 0) is 74.8 Å². The van der Waals surface area contributed by atoms with Crippen LogP contribution in [-0.4, -0.2) is 18.2 Å². The molecule has 7 heteroatoms. The molecule has 1 aliphatic rings. The number of para-hydroxylation sites is 1. The van der Waals surface area contributed by atoms with Gasteiger partial charge in [-0.3, -0.25) is 9.52 Å². The highest BCUT2D eigenvalue weighted by Crippen LogP contribution is 2.31. The molecule has 1 aliphatic carbocycles. The number of fused-ring (bicyclic) bond motifs is 1. The Morgan fingerprint density at radius 3 is 2.26 bits per heavy atom. The first-order valence-electron chi connectivity index (χ1n) is 10.5. The second kappa shape index (κ2) is 7.96. The van der Waals surface area contributed by atoms with Crippen molar-refractivity contribution in [1.29, 1.82) is 0 Å². The molecule has 0 aliphatic heterocycles. The molecule has 0 amide bonds. The van der Waals surface area contributed by atoms with E-state index < -0.39 is 10.0 Å². The molecule has 4 rings (SSSR count). The summed E-state index contributed by atoms with van der Waals surface area (Å²) in [5.41, 5.74) is 6.08. The van der Waals surface area contributed by atoms with Gasteiger partial charge in [-0.2, -0.15) is 5.10 Å². The molecule has 2 aromatic carbocycles. The number of aromatic nitrogens is 2. The van der Waals surface area contributed by atoms with Crippen molar-refractivity contribution >= 4 is 15.7 Å². The lowest BCUT2D eigenvalue weighted by Gasteiger charge is -2.20. The van der Waals surface area contributed by atoms with Crippen LogP contribution in [0, 0.1) is 20.8 Å². The average Bonchev–Trinajstić information content (AvgIpc) is 2.74. The molecule has 0 atom stereocenters. The van der Waals surface area contributed by atoms with Crippen LogP contribution in [0.5, 0.6) is 0 Å². The zero-order valence-corrected chi connectivity index (χ0v) is 19.1. The summed E-state index contributed by atoms with van der Waals surface area (Å²) in [4.78, 5) is 12.8. The molecule has 0 radical (unpaired) electrons. The minimum Gasteiger partial charge on any atom is -0.279 e. The largest absolute Gasteiger partial charge is 0.279 e. The van der Waals surface area contributed by atoms with Crippen LogP contribution in [0.3, 0.4) is 0 Å². The number of nitrogens with one attached hydrogen (secondary N) is 1. The fourth-order valence-corrected chi connectivity index (χ4v) is 5.76. The van der Waals surface area contributed by atoms with Crippen molar-refractivity contribution in [3.05, 3.63) is 74.6 Å². The predicted molar refractivity (Wildman–Crippen MR) is 123 cm³/mol. The standard InChI is InChI=1S/C24H27N3O3S/c1-15-12-13-18(23-19-10-5-6-11-20(19)24(28)27(4)25-23)14-21(15)31(29,30)26-22-16(2)8-7-9-17(22)3/h7-9,12-14,26H,5-6,10-11H2,1-4H3. The number of sulfonamides is 1. The van der Waals surface area contributed by atoms with Crippen LogP contribution < -0.4 is 10.3 Å². The lowest BCUT2D eigenvalue weighted by molar-refractivity contribution is 0.600. The Labute approximate surface area is 183 Å². The van der Waals surface area contributed by atoms with E-state index in [9.17, 15) is 13.2 Å². The van der Waals surface area contributed by atoms with Gasteiger partial charge in [-0.25, -0.2) is 13.1 Å². The van der Waals surface area contributed by atoms with Crippen LogP contribution in [0.4, 0.5) is 5.69 Å². The van der Waals surface area contributed by atoms with Crippen LogP contribution in [0.15, 0.2) is 46.1 Å². The molecule has 0 bridgehead atoms. The van der Waals surface area contributed by atoms with Crippen molar-refractivity contribution in [1.82, 2.24) is 9.78 Å². The van der Waals surface area contributed by atoms with Gasteiger partial charge in [-0.1, -0.05) is 30.3 Å². The fraction of sp³-hybridized carbons (Fsp3) is 0.333. The van der Waals surface area contributed by atoms with Crippen LogP contribution in [0.25, 0.3) is 11.3 Å². The molecule has 0 saturated carbocycles. The summed E-state index contributed by atoms with van der Waals surface area (Å²) in [6.07, 6.45) is 3.51. The highest BCUT2D eigenvalue weighted by atomic mass is 32.2. The highest BCUT2D eigenvalue weighted by Gasteiger charge is 2.23. The van der Waals surface area contributed by atoms with E-state index in [2.05, 4.69) is 9.82 Å². The second-order valence-corrected chi connectivity index (χ2v) is 9.94. The normalized spacial score (nSPS) is 13.7. The number of rotatable bonds is 4. The van der Waals surface area contributed by atoms with Crippen molar-refractivity contribution in [2.45, 2.75) is 51.3 Å². The molecule has 0 fully saturated rings. The first kappa shape index (κ1) is 21.3. The van der Waals surface area contributed by atoms with Gasteiger partial charge in [0.2, 0.25) is 0 Å². The van der Waals surface area contributed by atoms with Crippen molar-refractivity contribution in [2.75, 3.05) is 4.72 Å². The topological polar surface area (TPSA) is 81.1 Å². The van der Waals surface area contributed by atoms with Crippen LogP contribution in [0.1, 0.15) is 40.7 Å². The van der Waals surface area contributed by atoms with E-state index in [1.165, 1.54) is 4.68 Å². The van der Waals surface area contributed by atoms with E-state index in [-0.39, 0.29) is 10.5 Å². The Balaban J connectivity index is 1.84. The van der Waals surface area contributed by atoms with Crippen molar-refractivity contribution in [2.24, 2.45) is 7.05 Å². The molecule has 1 N–H and O–H groups in total. The zero-order chi connectivity index (χ0) is 22.3. The third-order valence-electron chi connectivity index (χ3n) is 6.02. The van der Waals surface area contributed by atoms with E-state index in [0.29, 0.717) is 22.5 Å². The smallest absolute Gasteiger partial charge is 0.269 e. The summed E-state index contributed by atoms with van der Waals surface area (Å²) in [6, 6.07) is 11.0. The van der Waals surface area contributed by atoms with E-state index in [0.717, 1.165) is 47.9 Å². The van der Waals surface area contributed by atoms with Gasteiger partial charge in [0.15, 0.2) is 0 Å². The number of anilines is 1. The Hall–Kier alpha value is -2.93. The van der Waals surface area contributed by atoms with Crippen molar-refractivity contribution in [3.63, 3.8) is 0 Å². The average molecular weight is 438 g/mol. The third kappa shape index (κ3) is 3.90. The van der Waals surface area contributed by atoms with E-state index in [1.54, 1.807) is 26.1 Å². The van der Waals surface area contributed by atoms with Gasteiger partial charge in [0.1, 0.15) is 0 Å². The molecular formula is C24H27N3O3S. The summed E-state index contributed by atoms with van der Waals surface area (Å²) < 4.78 is 30.8. The summed E-state index contributed by atoms with van der Waals surface area (Å²) in [5.74, 6) is 0. The van der Waals surface area contributed by atoms with Crippen LogP contribution >= 0.6 is 0 Å². The lowest BCUT2D eigenvalue weighted by Crippen LogP contribution is -2.28. The van der Waals surface area contributed by atoms with Gasteiger partial charge in [0.05, 0.1) is 16.3 Å². The van der Waals surface area contributed by atoms with E-state index in [4.69, 9.17) is 0 Å². The van der Waals surface area contributed by atoms with E-state index >= 15 is 0 Å². The Morgan fingerprint density at radius 2 is 1.58 bits per heavy atom. The number of nitrogens with zero attached hydrogens (tertiary/aromatic N) is 2. The maximum atomic E-state index is 13.3. The SMILES string of the molecule is Cc1ccc(-c2nn(C)c(=O)c3c2CCCC3)cc1S(=O)(=O)Nc1c(C)cccc1C. The maximum Gasteiger partial charge on any atom is 0.269 e. The fourth-order valence-electron chi connectivity index (χ4n) is 4.29. The summed E-state index contributed by atoms with van der Waals surface area (Å²) in [6.45, 7) is 5.55. The Morgan fingerprint density at radius 1 is 0.935 bits per heavy atom. The molecule has 6 nitrogen and oxygen atoms in total. The van der Waals surface area contributed by atoms with E-state index in [1.807, 2.05) is 38.1 Å². The number of hydrogen-bond donors (Lipinski definition) is 1. The minimum absolute atomic E-state index is 0.0601. The molecule has 31 heavy (non-hydrogen) atoms. The predicted octanol–water partition coefficient (Wildman–Crippen LogP) is 4.05. The molecule has 1 aromatic heterocycles. The van der Waals surface area contributed by atoms with Crippen LogP contribution in [-0.2, 0) is 29.9 Å². The molecule has 162 valence electrons. The molecule has 1 heterocycles. The van der Waals surface area contributed by atoms with Crippen molar-refractivity contribution in [3.8, 4) is 11.3 Å². The first-order chi connectivity index (χ1) is 14.7. The zero-order valence-electron chi connectivity index (χ0n) is 18.3. The number of aryl methyl sites for hydroxylation is 4. The Kier molecular flexibility index (Phi) is 5.47. The summed E-state index contributed by atoms with van der Waals surface area (Å²) in [5, 5.41) is 4.51. The third-order valence-corrected chi connectivity index (χ3v) is 7.52. The molecule has 0 saturated heterocycles. The molecule has 0 unspecified atom stereocenters. The molecule has 0 spiro atoms. The molecule has 3 aromatic rings. The number of benzene rings is 2.